The standard InChI is InChI=1S/C33H33Cl3FN7O2/c1-7-23(45)42-14-18-13-41(6)31-30(43(18)12-17(42)5)19-10-22(36)28(24-25(37)20(34)11-21(35)26(24)38)40-32(19)44(33(31)46)29-16(4)8-9-39-27(29)15(2)3/h7-11,15,17-18H,1,12-14,38H2,2-6H3. The van der Waals surface area contributed by atoms with Gasteiger partial charge in [0.1, 0.15) is 5.69 Å². The van der Waals surface area contributed by atoms with E-state index in [1.165, 1.54) is 12.1 Å². The first kappa shape index (κ1) is 32.1. The maximum Gasteiger partial charge on any atom is 0.282 e. The van der Waals surface area contributed by atoms with Crippen LogP contribution >= 0.6 is 34.8 Å². The molecular formula is C33H33Cl3FN7O2. The highest BCUT2D eigenvalue weighted by Gasteiger charge is 2.41. The number of hydrogen-bond donors (Lipinski definition) is 1. The van der Waals surface area contributed by atoms with Gasteiger partial charge in [-0.2, -0.15) is 0 Å². The van der Waals surface area contributed by atoms with Gasteiger partial charge in [0, 0.05) is 44.3 Å². The van der Waals surface area contributed by atoms with Crippen LogP contribution in [0.4, 0.5) is 21.5 Å². The van der Waals surface area contributed by atoms with E-state index in [0.29, 0.717) is 47.8 Å². The largest absolute Gasteiger partial charge is 0.397 e. The van der Waals surface area contributed by atoms with Gasteiger partial charge < -0.3 is 20.4 Å². The van der Waals surface area contributed by atoms with E-state index in [0.717, 1.165) is 5.56 Å². The van der Waals surface area contributed by atoms with E-state index in [9.17, 15) is 9.59 Å². The Morgan fingerprint density at radius 1 is 1.11 bits per heavy atom. The lowest BCUT2D eigenvalue weighted by atomic mass is 9.98. The molecule has 0 aliphatic carbocycles. The molecule has 1 aromatic carbocycles. The minimum Gasteiger partial charge on any atom is -0.397 e. The van der Waals surface area contributed by atoms with Gasteiger partial charge in [0.25, 0.3) is 5.56 Å². The normalized spacial score (nSPS) is 17.8. The van der Waals surface area contributed by atoms with Gasteiger partial charge in [0.05, 0.1) is 55.1 Å². The van der Waals surface area contributed by atoms with Crippen LogP contribution in [-0.4, -0.2) is 64.1 Å². The van der Waals surface area contributed by atoms with E-state index in [1.54, 1.807) is 21.7 Å². The molecule has 13 heteroatoms. The lowest BCUT2D eigenvalue weighted by Crippen LogP contribution is -2.64. The Labute approximate surface area is 281 Å². The zero-order valence-electron chi connectivity index (χ0n) is 26.0. The van der Waals surface area contributed by atoms with E-state index in [-0.39, 0.29) is 67.1 Å². The fourth-order valence-corrected chi connectivity index (χ4v) is 7.41. The average molecular weight is 685 g/mol. The van der Waals surface area contributed by atoms with E-state index in [2.05, 4.69) is 16.5 Å². The molecular weight excluding hydrogens is 652 g/mol. The number of nitrogen functional groups attached to an aromatic ring is 1. The topological polar surface area (TPSA) is 101 Å². The van der Waals surface area contributed by atoms with Crippen LogP contribution in [0.3, 0.4) is 0 Å². The molecule has 46 heavy (non-hydrogen) atoms. The summed E-state index contributed by atoms with van der Waals surface area (Å²) < 4.78 is 17.2. The molecule has 1 fully saturated rings. The Bertz CT molecular complexity index is 1990. The van der Waals surface area contributed by atoms with Gasteiger partial charge in [-0.25, -0.2) is 9.37 Å². The van der Waals surface area contributed by atoms with E-state index >= 15 is 4.39 Å². The van der Waals surface area contributed by atoms with Crippen LogP contribution in [0.5, 0.6) is 0 Å². The third-order valence-electron chi connectivity index (χ3n) is 8.88. The molecule has 4 aromatic rings. The van der Waals surface area contributed by atoms with Gasteiger partial charge in [0.15, 0.2) is 11.5 Å². The molecule has 6 rings (SSSR count). The predicted octanol–water partition coefficient (Wildman–Crippen LogP) is 6.60. The van der Waals surface area contributed by atoms with E-state index in [1.807, 2.05) is 45.7 Å². The summed E-state index contributed by atoms with van der Waals surface area (Å²) in [6.45, 7) is 12.9. The van der Waals surface area contributed by atoms with Gasteiger partial charge in [-0.1, -0.05) is 55.2 Å². The summed E-state index contributed by atoms with van der Waals surface area (Å²) >= 11 is 19.5. The number of halogens is 4. The van der Waals surface area contributed by atoms with Crippen molar-refractivity contribution in [1.29, 1.82) is 0 Å². The number of carbonyl (C=O) groups is 1. The third-order valence-corrected chi connectivity index (χ3v) is 9.75. The van der Waals surface area contributed by atoms with Gasteiger partial charge in [0.2, 0.25) is 5.91 Å². The molecule has 0 bridgehead atoms. The fraction of sp³-hybridized carbons (Fsp3) is 0.333. The molecule has 1 amide bonds. The monoisotopic (exact) mass is 683 g/mol. The molecule has 5 heterocycles. The Balaban J connectivity index is 1.75. The Morgan fingerprint density at radius 3 is 2.50 bits per heavy atom. The number of carbonyl (C=O) groups excluding carboxylic acids is 1. The van der Waals surface area contributed by atoms with Crippen molar-refractivity contribution in [1.82, 2.24) is 19.4 Å². The molecule has 3 aromatic heterocycles. The van der Waals surface area contributed by atoms with Crippen LogP contribution in [-0.2, 0) is 4.79 Å². The molecule has 0 spiro atoms. The van der Waals surface area contributed by atoms with Crippen molar-refractivity contribution < 1.29 is 9.18 Å². The summed E-state index contributed by atoms with van der Waals surface area (Å²) in [4.78, 5) is 43.0. The van der Waals surface area contributed by atoms with Gasteiger partial charge in [-0.15, -0.1) is 0 Å². The zero-order valence-corrected chi connectivity index (χ0v) is 28.3. The summed E-state index contributed by atoms with van der Waals surface area (Å²) in [5.74, 6) is -1.03. The van der Waals surface area contributed by atoms with Crippen LogP contribution in [0, 0.1) is 12.7 Å². The summed E-state index contributed by atoms with van der Waals surface area (Å²) in [6.07, 6.45) is 3.03. The molecule has 2 unspecified atom stereocenters. The number of fused-ring (bicyclic) bond motifs is 5. The first-order chi connectivity index (χ1) is 21.8. The van der Waals surface area contributed by atoms with E-state index < -0.39 is 5.82 Å². The molecule has 2 atom stereocenters. The Morgan fingerprint density at radius 2 is 1.83 bits per heavy atom. The van der Waals surface area contributed by atoms with Crippen molar-refractivity contribution in [3.63, 3.8) is 0 Å². The van der Waals surface area contributed by atoms with Crippen molar-refractivity contribution in [3.8, 4) is 16.9 Å². The van der Waals surface area contributed by atoms with Crippen LogP contribution in [0.1, 0.15) is 37.9 Å². The number of piperazine rings is 1. The highest BCUT2D eigenvalue weighted by molar-refractivity contribution is 6.38. The van der Waals surface area contributed by atoms with Gasteiger partial charge in [-0.3, -0.25) is 19.1 Å². The SMILES string of the molecule is C=CC(=O)N1CC2CN(C)c3c(c4cc(Cl)c(-c5c(N)c(Cl)cc(Cl)c5F)nc4n(-c4c(C)ccnc4C(C)C)c3=O)N2CC1C. The number of benzene rings is 1. The van der Waals surface area contributed by atoms with Crippen molar-refractivity contribution >= 4 is 68.8 Å². The number of nitrogens with zero attached hydrogens (tertiary/aromatic N) is 6. The minimum absolute atomic E-state index is 0.00946. The van der Waals surface area contributed by atoms with Gasteiger partial charge in [-0.05, 0) is 49.6 Å². The third kappa shape index (κ3) is 4.89. The fourth-order valence-electron chi connectivity index (χ4n) is 6.70. The van der Waals surface area contributed by atoms with Gasteiger partial charge >= 0.3 is 0 Å². The quantitative estimate of drug-likeness (QED) is 0.147. The van der Waals surface area contributed by atoms with Crippen molar-refractivity contribution in [2.75, 3.05) is 42.2 Å². The molecule has 0 radical (unpaired) electrons. The molecule has 9 nitrogen and oxygen atoms in total. The maximum absolute atomic E-state index is 15.7. The van der Waals surface area contributed by atoms with Crippen LogP contribution < -0.4 is 21.1 Å². The lowest BCUT2D eigenvalue weighted by Gasteiger charge is -2.51. The van der Waals surface area contributed by atoms with Crippen molar-refractivity contribution in [2.45, 2.75) is 45.7 Å². The molecule has 0 saturated carbocycles. The molecule has 2 N–H and O–H groups in total. The Hall–Kier alpha value is -3.86. The average Bonchev–Trinajstić information content (AvgIpc) is 3.00. The second kappa shape index (κ2) is 11.7. The minimum atomic E-state index is -0.832. The van der Waals surface area contributed by atoms with Crippen molar-refractivity contribution in [2.24, 2.45) is 0 Å². The van der Waals surface area contributed by atoms with E-state index in [4.69, 9.17) is 45.5 Å². The summed E-state index contributed by atoms with van der Waals surface area (Å²) in [7, 11) is 1.86. The summed E-state index contributed by atoms with van der Waals surface area (Å²) in [6, 6.07) is 4.43. The van der Waals surface area contributed by atoms with Crippen LogP contribution in [0.15, 0.2) is 41.8 Å². The second-order valence-corrected chi connectivity index (χ2v) is 13.4. The molecule has 1 saturated heterocycles. The van der Waals surface area contributed by atoms with Crippen LogP contribution in [0.2, 0.25) is 15.1 Å². The smallest absolute Gasteiger partial charge is 0.282 e. The number of hydrogen-bond acceptors (Lipinski definition) is 7. The second-order valence-electron chi connectivity index (χ2n) is 12.2. The molecule has 2 aliphatic rings. The predicted molar refractivity (Wildman–Crippen MR) is 185 cm³/mol. The number of amides is 1. The lowest BCUT2D eigenvalue weighted by molar-refractivity contribution is -0.128. The van der Waals surface area contributed by atoms with Crippen LogP contribution in [0.25, 0.3) is 28.0 Å². The first-order valence-corrected chi connectivity index (χ1v) is 16.0. The van der Waals surface area contributed by atoms with Crippen molar-refractivity contribution in [3.05, 3.63) is 79.5 Å². The maximum atomic E-state index is 15.7. The number of rotatable bonds is 4. The number of nitrogens with two attached hydrogens (primary N) is 1. The molecule has 2 aliphatic heterocycles. The first-order valence-electron chi connectivity index (χ1n) is 14.9. The molecule has 240 valence electrons. The zero-order chi connectivity index (χ0) is 33.4. The Kier molecular flexibility index (Phi) is 8.19. The highest BCUT2D eigenvalue weighted by atomic mass is 35.5. The summed E-state index contributed by atoms with van der Waals surface area (Å²) in [5, 5.41) is 0.457. The number of aryl methyl sites for hydroxylation is 1. The number of aromatic nitrogens is 3. The number of pyridine rings is 3. The number of likely N-dealkylation sites (N-methyl/N-ethyl adjacent to an activating group) is 1. The summed E-state index contributed by atoms with van der Waals surface area (Å²) in [5.41, 5.74) is 9.12. The number of anilines is 3. The highest BCUT2D eigenvalue weighted by Crippen LogP contribution is 2.45.